The molecular formula is C46H74N6O10. The van der Waals surface area contributed by atoms with Crippen LogP contribution < -0.4 is 16.5 Å². The van der Waals surface area contributed by atoms with Crippen LogP contribution in [-0.4, -0.2) is 138 Å². The van der Waals surface area contributed by atoms with Gasteiger partial charge in [0.2, 0.25) is 29.5 Å². The highest BCUT2D eigenvalue weighted by atomic mass is 16.6. The van der Waals surface area contributed by atoms with Crippen LogP contribution in [0.25, 0.3) is 0 Å². The van der Waals surface area contributed by atoms with Gasteiger partial charge in [-0.2, -0.15) is 0 Å². The van der Waals surface area contributed by atoms with Crippen molar-refractivity contribution in [3.63, 3.8) is 0 Å². The lowest BCUT2D eigenvalue weighted by atomic mass is 9.89. The summed E-state index contributed by atoms with van der Waals surface area (Å²) >= 11 is 0. The Morgan fingerprint density at radius 3 is 2.26 bits per heavy atom. The number of carbonyl (C=O) groups is 6. The number of fused-ring (bicyclic) bond motifs is 2. The van der Waals surface area contributed by atoms with Crippen molar-refractivity contribution in [2.75, 3.05) is 34.4 Å². The van der Waals surface area contributed by atoms with Gasteiger partial charge in [-0.25, -0.2) is 10.7 Å². The molecule has 5 amide bonds. The van der Waals surface area contributed by atoms with Crippen LogP contribution in [0.15, 0.2) is 30.3 Å². The third-order valence-corrected chi connectivity index (χ3v) is 13.7. The van der Waals surface area contributed by atoms with Gasteiger partial charge in [-0.3, -0.25) is 24.0 Å². The minimum Gasteiger partial charge on any atom is -0.480 e. The normalized spacial score (nSPS) is 23.0. The second-order valence-electron chi connectivity index (χ2n) is 18.1. The number of hydrogen-bond acceptors (Lipinski definition) is 10. The van der Waals surface area contributed by atoms with Crippen LogP contribution in [0.2, 0.25) is 0 Å². The van der Waals surface area contributed by atoms with Crippen molar-refractivity contribution < 1.29 is 48.2 Å². The van der Waals surface area contributed by atoms with E-state index in [2.05, 4.69) is 15.5 Å². The molecular weight excluding hydrogens is 797 g/mol. The summed E-state index contributed by atoms with van der Waals surface area (Å²) in [5.41, 5.74) is 0.775. The lowest BCUT2D eigenvalue weighted by Crippen LogP contribution is -2.60. The predicted molar refractivity (Wildman–Crippen MR) is 233 cm³/mol. The fourth-order valence-corrected chi connectivity index (χ4v) is 10.1. The molecule has 0 unspecified atom stereocenters. The molecule has 0 aromatic heterocycles. The zero-order chi connectivity index (χ0) is 45.7. The Hall–Kier alpha value is -4.12. The van der Waals surface area contributed by atoms with Gasteiger partial charge in [-0.1, -0.05) is 77.8 Å². The van der Waals surface area contributed by atoms with E-state index in [0.29, 0.717) is 45.3 Å². The molecule has 0 radical (unpaired) electrons. The maximum absolute atomic E-state index is 14.6. The quantitative estimate of drug-likeness (QED) is 0.0823. The lowest BCUT2D eigenvalue weighted by molar-refractivity contribution is -0.149. The first-order chi connectivity index (χ1) is 29.6. The molecule has 1 aliphatic carbocycles. The third-order valence-electron chi connectivity index (χ3n) is 13.7. The van der Waals surface area contributed by atoms with Gasteiger partial charge in [0.1, 0.15) is 18.1 Å². The molecule has 348 valence electrons. The summed E-state index contributed by atoms with van der Waals surface area (Å²) in [4.78, 5) is 92.1. The number of rotatable bonds is 25. The van der Waals surface area contributed by atoms with Crippen LogP contribution in [0.4, 0.5) is 0 Å². The van der Waals surface area contributed by atoms with E-state index in [1.807, 2.05) is 58.0 Å². The number of nitrogens with one attached hydrogen (secondary N) is 2. The van der Waals surface area contributed by atoms with Crippen molar-refractivity contribution in [3.05, 3.63) is 35.9 Å². The number of nitrogens with zero attached hydrogens (tertiary/aromatic N) is 3. The molecule has 2 aliphatic heterocycles. The minimum absolute atomic E-state index is 0.0187. The number of carboxylic acids is 1. The summed E-state index contributed by atoms with van der Waals surface area (Å²) in [6, 6.07) is 5.45. The molecule has 4 rings (SSSR count). The van der Waals surface area contributed by atoms with Crippen molar-refractivity contribution in [3.8, 4) is 0 Å². The molecule has 5 N–H and O–H groups in total. The molecule has 16 nitrogen and oxygen atoms in total. The van der Waals surface area contributed by atoms with E-state index >= 15 is 0 Å². The Morgan fingerprint density at radius 2 is 1.65 bits per heavy atom. The zero-order valence-electron chi connectivity index (χ0n) is 38.3. The molecule has 62 heavy (non-hydrogen) atoms. The van der Waals surface area contributed by atoms with E-state index in [0.717, 1.165) is 37.7 Å². The number of carbonyl (C=O) groups excluding carboxylic acids is 5. The number of benzene rings is 1. The standard InChI is InChI=1S/C46H74N6O10/c1-9-29(4)40(50(6)45(57)39(28(2)3)49-44(56)41-32-21-22-33(26-32)52(41)37(53)20-14-11-15-24-62-47)36(60-7)27-38(54)51-23-16-19-35(51)42(61-8)30(5)43(55)48-34(46(58)59)25-31-17-12-10-13-18-31/h10,12-13,17-18,28-30,32-36,39-42H,9,11,14-16,19-27,47H2,1-8H3,(H,48,55)(H,49,56)(H,58,59)/t29-,30+,32-,33-,34-,35-,36+,39-,40-,41-,42+/m0/s1. The SMILES string of the molecule is CC[C@H](C)[C@@H]([C@@H](CC(=O)N1CCC[C@H]1[C@H](OC)[C@@H](C)C(=O)N[C@@H](Cc1ccccc1)C(=O)O)OC)N(C)C(=O)[C@@H](NC(=O)[C@@H]1[C@H]2CC[C@@H](C2)N1C(=O)CCCCCON)C(C)C. The molecule has 0 spiro atoms. The van der Waals surface area contributed by atoms with Crippen LogP contribution in [0.1, 0.15) is 111 Å². The number of piperidine rings is 1. The highest BCUT2D eigenvalue weighted by Gasteiger charge is 2.52. The van der Waals surface area contributed by atoms with Gasteiger partial charge < -0.3 is 44.8 Å². The number of likely N-dealkylation sites (N-methyl/N-ethyl adjacent to an activating group) is 1. The Bertz CT molecular complexity index is 1650. The Labute approximate surface area is 368 Å². The van der Waals surface area contributed by atoms with Crippen molar-refractivity contribution >= 4 is 35.5 Å². The molecule has 2 heterocycles. The van der Waals surface area contributed by atoms with Crippen molar-refractivity contribution in [2.24, 2.45) is 29.6 Å². The highest BCUT2D eigenvalue weighted by Crippen LogP contribution is 2.43. The topological polar surface area (TPSA) is 210 Å². The number of hydrogen-bond donors (Lipinski definition) is 4. The molecule has 16 heteroatoms. The van der Waals surface area contributed by atoms with Crippen LogP contribution in [0.5, 0.6) is 0 Å². The van der Waals surface area contributed by atoms with Gasteiger partial charge >= 0.3 is 5.97 Å². The molecule has 1 saturated carbocycles. The van der Waals surface area contributed by atoms with Gasteiger partial charge in [0, 0.05) is 46.7 Å². The van der Waals surface area contributed by atoms with Gasteiger partial charge in [-0.05, 0) is 68.3 Å². The van der Waals surface area contributed by atoms with E-state index in [1.165, 1.54) is 14.2 Å². The van der Waals surface area contributed by atoms with Crippen molar-refractivity contribution in [1.29, 1.82) is 0 Å². The van der Waals surface area contributed by atoms with Crippen LogP contribution in [-0.2, 0) is 49.5 Å². The van der Waals surface area contributed by atoms with Gasteiger partial charge in [0.05, 0.1) is 43.2 Å². The Balaban J connectivity index is 1.45. The van der Waals surface area contributed by atoms with Crippen LogP contribution in [0, 0.1) is 23.7 Å². The summed E-state index contributed by atoms with van der Waals surface area (Å²) in [5.74, 6) is 1.53. The molecule has 3 fully saturated rings. The predicted octanol–water partition coefficient (Wildman–Crippen LogP) is 3.69. The van der Waals surface area contributed by atoms with Crippen molar-refractivity contribution in [2.45, 2.75) is 160 Å². The highest BCUT2D eigenvalue weighted by molar-refractivity contribution is 5.93. The lowest BCUT2D eigenvalue weighted by Gasteiger charge is -2.41. The minimum atomic E-state index is -1.15. The average molecular weight is 871 g/mol. The number of nitrogens with two attached hydrogens (primary N) is 1. The number of amides is 5. The van der Waals surface area contributed by atoms with E-state index in [1.54, 1.807) is 28.7 Å². The summed E-state index contributed by atoms with van der Waals surface area (Å²) < 4.78 is 11.9. The fourth-order valence-electron chi connectivity index (χ4n) is 10.1. The summed E-state index contributed by atoms with van der Waals surface area (Å²) in [7, 11) is 4.72. The number of methoxy groups -OCH3 is 2. The number of aliphatic carboxylic acids is 1. The third kappa shape index (κ3) is 12.5. The maximum Gasteiger partial charge on any atom is 0.326 e. The largest absolute Gasteiger partial charge is 0.480 e. The second kappa shape index (κ2) is 24.1. The Kier molecular flexibility index (Phi) is 19.6. The fraction of sp³-hybridized carbons (Fsp3) is 0.739. The maximum atomic E-state index is 14.6. The molecule has 2 saturated heterocycles. The summed E-state index contributed by atoms with van der Waals surface area (Å²) in [6.07, 6.45) is 5.66. The van der Waals surface area contributed by atoms with Crippen molar-refractivity contribution in [1.82, 2.24) is 25.3 Å². The average Bonchev–Trinajstić information content (AvgIpc) is 4.03. The summed E-state index contributed by atoms with van der Waals surface area (Å²) in [6.45, 7) is 10.3. The van der Waals surface area contributed by atoms with E-state index < -0.39 is 60.2 Å². The first kappa shape index (κ1) is 50.5. The monoisotopic (exact) mass is 871 g/mol. The zero-order valence-corrected chi connectivity index (χ0v) is 38.3. The molecule has 3 aliphatic rings. The first-order valence-corrected chi connectivity index (χ1v) is 22.7. The molecule has 1 aromatic rings. The van der Waals surface area contributed by atoms with Crippen LogP contribution >= 0.6 is 0 Å². The number of likely N-dealkylation sites (tertiary alicyclic amines) is 2. The van der Waals surface area contributed by atoms with Crippen LogP contribution in [0.3, 0.4) is 0 Å². The summed E-state index contributed by atoms with van der Waals surface area (Å²) in [5, 5.41) is 15.7. The number of ether oxygens (including phenoxy) is 2. The number of carboxylic acid groups (broad SMARTS) is 1. The first-order valence-electron chi connectivity index (χ1n) is 22.7. The molecule has 11 atom stereocenters. The van der Waals surface area contributed by atoms with E-state index in [9.17, 15) is 33.9 Å². The second-order valence-corrected chi connectivity index (χ2v) is 18.1. The van der Waals surface area contributed by atoms with Gasteiger partial charge in [0.25, 0.3) is 0 Å². The smallest absolute Gasteiger partial charge is 0.326 e. The molecule has 1 aromatic carbocycles. The molecule has 2 bridgehead atoms. The van der Waals surface area contributed by atoms with Gasteiger partial charge in [0.15, 0.2) is 0 Å². The van der Waals surface area contributed by atoms with E-state index in [-0.39, 0.29) is 60.3 Å². The van der Waals surface area contributed by atoms with E-state index in [4.69, 9.17) is 15.4 Å². The number of unbranched alkanes of at least 4 members (excludes halogenated alkanes) is 2. The van der Waals surface area contributed by atoms with Gasteiger partial charge in [-0.15, -0.1) is 0 Å². The Morgan fingerprint density at radius 1 is 0.935 bits per heavy atom.